The molecule has 0 saturated carbocycles. The number of ether oxygens (including phenoxy) is 1. The summed E-state index contributed by atoms with van der Waals surface area (Å²) in [6.45, 7) is 2.14. The van der Waals surface area contributed by atoms with Crippen LogP contribution in [0.1, 0.15) is 41.3 Å². The van der Waals surface area contributed by atoms with E-state index >= 15 is 0 Å². The maximum Gasteiger partial charge on any atom is 0.311 e. The zero-order valence-electron chi connectivity index (χ0n) is 13.8. The normalized spacial score (nSPS) is 13.4. The molecule has 25 heavy (non-hydrogen) atoms. The molecule has 1 heterocycles. The summed E-state index contributed by atoms with van der Waals surface area (Å²) in [7, 11) is 0. The van der Waals surface area contributed by atoms with Crippen molar-refractivity contribution in [2.75, 3.05) is 6.61 Å². The summed E-state index contributed by atoms with van der Waals surface area (Å²) in [6, 6.07) is 7.00. The number of thiophene rings is 1. The first kappa shape index (κ1) is 17.1. The number of nitriles is 1. The Hall–Kier alpha value is -2.72. The van der Waals surface area contributed by atoms with Crippen LogP contribution in [0.5, 0.6) is 5.75 Å². The van der Waals surface area contributed by atoms with Crippen molar-refractivity contribution < 1.29 is 9.66 Å². The van der Waals surface area contributed by atoms with E-state index in [0.29, 0.717) is 22.7 Å². The number of benzene rings is 1. The maximum absolute atomic E-state index is 11.2. The lowest BCUT2D eigenvalue weighted by atomic mass is 9.96. The third-order valence-corrected chi connectivity index (χ3v) is 5.27. The van der Waals surface area contributed by atoms with Gasteiger partial charge in [-0.25, -0.2) is 4.99 Å². The predicted molar refractivity (Wildman–Crippen MR) is 97.2 cm³/mol. The molecule has 0 bridgehead atoms. The second-order valence-corrected chi connectivity index (χ2v) is 6.76. The monoisotopic (exact) mass is 355 g/mol. The largest absolute Gasteiger partial charge is 0.487 e. The van der Waals surface area contributed by atoms with Gasteiger partial charge in [0.15, 0.2) is 5.75 Å². The molecular formula is C18H17N3O3S. The third kappa shape index (κ3) is 3.54. The highest BCUT2D eigenvalue weighted by Crippen LogP contribution is 2.39. The Bertz CT molecular complexity index is 880. The fraction of sp³-hybridized carbons (Fsp3) is 0.333. The molecule has 1 aliphatic carbocycles. The van der Waals surface area contributed by atoms with E-state index < -0.39 is 4.92 Å². The minimum Gasteiger partial charge on any atom is -0.487 e. The van der Waals surface area contributed by atoms with Gasteiger partial charge in [0.2, 0.25) is 0 Å². The molecule has 128 valence electrons. The van der Waals surface area contributed by atoms with Gasteiger partial charge in [0.25, 0.3) is 0 Å². The molecule has 6 nitrogen and oxygen atoms in total. The van der Waals surface area contributed by atoms with Gasteiger partial charge in [-0.05, 0) is 55.9 Å². The Kier molecular flexibility index (Phi) is 5.10. The van der Waals surface area contributed by atoms with Crippen LogP contribution in [0.4, 0.5) is 10.7 Å². The first-order valence-electron chi connectivity index (χ1n) is 8.14. The number of nitrogens with zero attached hydrogens (tertiary/aromatic N) is 3. The molecule has 0 unspecified atom stereocenters. The highest BCUT2D eigenvalue weighted by molar-refractivity contribution is 7.16. The molecule has 0 fully saturated rings. The van der Waals surface area contributed by atoms with Crippen molar-refractivity contribution in [2.24, 2.45) is 4.99 Å². The Morgan fingerprint density at radius 3 is 2.96 bits per heavy atom. The molecule has 1 aromatic carbocycles. The average molecular weight is 355 g/mol. The van der Waals surface area contributed by atoms with Crippen molar-refractivity contribution in [1.82, 2.24) is 0 Å². The molecule has 0 amide bonds. The van der Waals surface area contributed by atoms with Crippen LogP contribution in [-0.2, 0) is 12.8 Å². The standard InChI is InChI=1S/C18H17N3O3S/c1-2-24-16-8-7-12(9-15(16)21(22)23)11-20-18-14(10-19)13-5-3-4-6-17(13)25-18/h7-9,11H,2-6H2,1H3. The molecule has 0 atom stereocenters. The molecule has 0 aliphatic heterocycles. The van der Waals surface area contributed by atoms with E-state index in [0.717, 1.165) is 31.2 Å². The molecule has 3 rings (SSSR count). The van der Waals surface area contributed by atoms with E-state index in [9.17, 15) is 15.4 Å². The van der Waals surface area contributed by atoms with Gasteiger partial charge in [-0.1, -0.05) is 0 Å². The summed E-state index contributed by atoms with van der Waals surface area (Å²) < 4.78 is 5.28. The van der Waals surface area contributed by atoms with E-state index in [4.69, 9.17) is 4.74 Å². The van der Waals surface area contributed by atoms with Crippen LogP contribution in [0, 0.1) is 21.4 Å². The number of nitro benzene ring substituents is 1. The zero-order chi connectivity index (χ0) is 17.8. The summed E-state index contributed by atoms with van der Waals surface area (Å²) in [5, 5.41) is 21.3. The Labute approximate surface area is 149 Å². The summed E-state index contributed by atoms with van der Waals surface area (Å²) in [5.41, 5.74) is 2.29. The molecular weight excluding hydrogens is 338 g/mol. The minimum atomic E-state index is -0.465. The third-order valence-electron chi connectivity index (χ3n) is 4.07. The topological polar surface area (TPSA) is 88.5 Å². The molecule has 0 spiro atoms. The van der Waals surface area contributed by atoms with Gasteiger partial charge in [-0.15, -0.1) is 11.3 Å². The molecule has 2 aromatic rings. The van der Waals surface area contributed by atoms with Crippen LogP contribution in [0.25, 0.3) is 0 Å². The van der Waals surface area contributed by atoms with Crippen molar-refractivity contribution in [3.8, 4) is 11.8 Å². The fourth-order valence-electron chi connectivity index (χ4n) is 2.93. The lowest BCUT2D eigenvalue weighted by molar-refractivity contribution is -0.385. The number of hydrogen-bond donors (Lipinski definition) is 0. The molecule has 0 radical (unpaired) electrons. The number of nitro groups is 1. The van der Waals surface area contributed by atoms with Crippen LogP contribution in [0.3, 0.4) is 0 Å². The summed E-state index contributed by atoms with van der Waals surface area (Å²) >= 11 is 1.55. The Morgan fingerprint density at radius 2 is 2.24 bits per heavy atom. The van der Waals surface area contributed by atoms with E-state index in [-0.39, 0.29) is 11.4 Å². The number of aryl methyl sites for hydroxylation is 1. The summed E-state index contributed by atoms with van der Waals surface area (Å²) in [5.74, 6) is 0.244. The highest BCUT2D eigenvalue weighted by Gasteiger charge is 2.20. The van der Waals surface area contributed by atoms with Crippen molar-refractivity contribution >= 4 is 28.2 Å². The minimum absolute atomic E-state index is 0.0863. The molecule has 7 heteroatoms. The van der Waals surface area contributed by atoms with Crippen molar-refractivity contribution in [3.05, 3.63) is 49.9 Å². The highest BCUT2D eigenvalue weighted by atomic mass is 32.1. The van der Waals surface area contributed by atoms with Gasteiger partial charge >= 0.3 is 5.69 Å². The van der Waals surface area contributed by atoms with Gasteiger partial charge in [-0.3, -0.25) is 10.1 Å². The SMILES string of the molecule is CCOc1ccc(C=Nc2sc3c(c2C#N)CCCC3)cc1[N+](=O)[O-]. The van der Waals surface area contributed by atoms with Gasteiger partial charge in [0, 0.05) is 17.2 Å². The zero-order valence-corrected chi connectivity index (χ0v) is 14.6. The number of rotatable bonds is 5. The van der Waals surface area contributed by atoms with E-state index in [1.807, 2.05) is 0 Å². The lowest BCUT2D eigenvalue weighted by Crippen LogP contribution is -1.99. The number of aliphatic imine (C=N–C) groups is 1. The van der Waals surface area contributed by atoms with Crippen LogP contribution in [0.15, 0.2) is 23.2 Å². The van der Waals surface area contributed by atoms with Gasteiger partial charge in [-0.2, -0.15) is 5.26 Å². The number of fused-ring (bicyclic) bond motifs is 1. The Morgan fingerprint density at radius 1 is 1.44 bits per heavy atom. The Balaban J connectivity index is 1.92. The maximum atomic E-state index is 11.2. The van der Waals surface area contributed by atoms with E-state index in [1.165, 1.54) is 10.9 Å². The molecule has 1 aliphatic rings. The molecule has 0 saturated heterocycles. The molecule has 0 N–H and O–H groups in total. The van der Waals surface area contributed by atoms with Gasteiger partial charge in [0.05, 0.1) is 17.1 Å². The van der Waals surface area contributed by atoms with E-state index in [1.54, 1.807) is 36.6 Å². The van der Waals surface area contributed by atoms with Crippen LogP contribution in [-0.4, -0.2) is 17.7 Å². The summed E-state index contributed by atoms with van der Waals surface area (Å²) in [6.07, 6.45) is 5.75. The van der Waals surface area contributed by atoms with Gasteiger partial charge < -0.3 is 4.74 Å². The summed E-state index contributed by atoms with van der Waals surface area (Å²) in [4.78, 5) is 16.4. The van der Waals surface area contributed by atoms with Crippen molar-refractivity contribution in [1.29, 1.82) is 5.26 Å². The first-order valence-corrected chi connectivity index (χ1v) is 8.95. The quantitative estimate of drug-likeness (QED) is 0.447. The van der Waals surface area contributed by atoms with Crippen molar-refractivity contribution in [2.45, 2.75) is 32.6 Å². The second-order valence-electron chi connectivity index (χ2n) is 5.68. The average Bonchev–Trinajstić information content (AvgIpc) is 2.98. The lowest BCUT2D eigenvalue weighted by Gasteiger charge is -2.09. The first-order chi connectivity index (χ1) is 12.1. The van der Waals surface area contributed by atoms with Crippen molar-refractivity contribution in [3.63, 3.8) is 0 Å². The van der Waals surface area contributed by atoms with Crippen LogP contribution >= 0.6 is 11.3 Å². The van der Waals surface area contributed by atoms with Gasteiger partial charge in [0.1, 0.15) is 11.1 Å². The number of hydrogen-bond acceptors (Lipinski definition) is 6. The fourth-order valence-corrected chi connectivity index (χ4v) is 4.11. The van der Waals surface area contributed by atoms with Crippen LogP contribution < -0.4 is 4.74 Å². The predicted octanol–water partition coefficient (Wildman–Crippen LogP) is 4.56. The van der Waals surface area contributed by atoms with Crippen LogP contribution in [0.2, 0.25) is 0 Å². The molecule has 1 aromatic heterocycles. The smallest absolute Gasteiger partial charge is 0.311 e. The van der Waals surface area contributed by atoms with E-state index in [2.05, 4.69) is 11.1 Å². The second kappa shape index (κ2) is 7.45.